The second-order valence-corrected chi connectivity index (χ2v) is 5.42. The topological polar surface area (TPSA) is 59.4 Å². The van der Waals surface area contributed by atoms with Crippen molar-refractivity contribution in [3.63, 3.8) is 0 Å². The zero-order chi connectivity index (χ0) is 14.5. The summed E-state index contributed by atoms with van der Waals surface area (Å²) in [6.45, 7) is 2.14. The number of methoxy groups -OCH3 is 1. The van der Waals surface area contributed by atoms with Gasteiger partial charge in [-0.15, -0.1) is 11.3 Å². The summed E-state index contributed by atoms with van der Waals surface area (Å²) in [5.74, 6) is -0.102. The lowest BCUT2D eigenvalue weighted by atomic mass is 10.0. The van der Waals surface area contributed by atoms with Crippen LogP contribution in [0.1, 0.15) is 23.9 Å². The van der Waals surface area contributed by atoms with Crippen LogP contribution in [0.5, 0.6) is 5.75 Å². The molecule has 1 N–H and O–H groups in total. The molecule has 1 heterocycles. The van der Waals surface area contributed by atoms with Gasteiger partial charge in [-0.1, -0.05) is 19.4 Å². The molecule has 0 saturated carbocycles. The number of thiazole rings is 1. The van der Waals surface area contributed by atoms with Crippen molar-refractivity contribution in [3.8, 4) is 17.0 Å². The van der Waals surface area contributed by atoms with E-state index in [1.54, 1.807) is 7.11 Å². The molecule has 0 unspecified atom stereocenters. The number of benzene rings is 1. The highest BCUT2D eigenvalue weighted by molar-refractivity contribution is 7.10. The van der Waals surface area contributed by atoms with Crippen LogP contribution in [0, 0.1) is 0 Å². The van der Waals surface area contributed by atoms with Gasteiger partial charge in [0.2, 0.25) is 0 Å². The lowest BCUT2D eigenvalue weighted by molar-refractivity contribution is -0.136. The van der Waals surface area contributed by atoms with Gasteiger partial charge in [-0.2, -0.15) is 0 Å². The van der Waals surface area contributed by atoms with E-state index in [0.717, 1.165) is 29.8 Å². The van der Waals surface area contributed by atoms with Crippen molar-refractivity contribution in [2.45, 2.75) is 26.2 Å². The SMILES string of the molecule is CCCc1ccc(OC)c(-c2csc(CC(=O)O)n2)c1. The number of carboxylic acid groups (broad SMARTS) is 1. The standard InChI is InChI=1S/C15H17NO3S/c1-3-4-10-5-6-13(19-2)11(7-10)12-9-20-14(16-12)8-15(17)18/h5-7,9H,3-4,8H2,1-2H3,(H,17,18). The summed E-state index contributed by atoms with van der Waals surface area (Å²) in [6, 6.07) is 6.06. The maximum absolute atomic E-state index is 10.7. The van der Waals surface area contributed by atoms with Crippen LogP contribution < -0.4 is 4.74 Å². The first kappa shape index (κ1) is 14.5. The summed E-state index contributed by atoms with van der Waals surface area (Å²) >= 11 is 1.36. The molecule has 106 valence electrons. The zero-order valence-electron chi connectivity index (χ0n) is 11.5. The summed E-state index contributed by atoms with van der Waals surface area (Å²) in [4.78, 5) is 15.1. The highest BCUT2D eigenvalue weighted by Gasteiger charge is 2.12. The van der Waals surface area contributed by atoms with Crippen molar-refractivity contribution < 1.29 is 14.6 Å². The fraction of sp³-hybridized carbons (Fsp3) is 0.333. The van der Waals surface area contributed by atoms with Crippen LogP contribution in [0.3, 0.4) is 0 Å². The van der Waals surface area contributed by atoms with E-state index in [2.05, 4.69) is 24.0 Å². The molecule has 1 aromatic carbocycles. The molecule has 2 aromatic rings. The summed E-state index contributed by atoms with van der Waals surface area (Å²) < 4.78 is 5.37. The van der Waals surface area contributed by atoms with Gasteiger partial charge in [0, 0.05) is 10.9 Å². The van der Waals surface area contributed by atoms with Gasteiger partial charge in [0.05, 0.1) is 19.2 Å². The monoisotopic (exact) mass is 291 g/mol. The van der Waals surface area contributed by atoms with E-state index in [9.17, 15) is 4.79 Å². The Hall–Kier alpha value is -1.88. The molecule has 0 aliphatic heterocycles. The van der Waals surface area contributed by atoms with Crippen molar-refractivity contribution in [1.82, 2.24) is 4.98 Å². The summed E-state index contributed by atoms with van der Waals surface area (Å²) in [7, 11) is 1.63. The lowest BCUT2D eigenvalue weighted by Gasteiger charge is -2.08. The van der Waals surface area contributed by atoms with Crippen LogP contribution in [0.15, 0.2) is 23.6 Å². The highest BCUT2D eigenvalue weighted by Crippen LogP contribution is 2.32. The summed E-state index contributed by atoms with van der Waals surface area (Å²) in [5, 5.41) is 11.3. The Morgan fingerprint density at radius 1 is 1.45 bits per heavy atom. The molecule has 0 aliphatic carbocycles. The molecule has 0 atom stereocenters. The Labute approximate surface area is 122 Å². The first-order valence-electron chi connectivity index (χ1n) is 6.47. The Kier molecular flexibility index (Phi) is 4.74. The van der Waals surface area contributed by atoms with Crippen LogP contribution in [0.4, 0.5) is 0 Å². The van der Waals surface area contributed by atoms with Crippen LogP contribution in [0.25, 0.3) is 11.3 Å². The van der Waals surface area contributed by atoms with Crippen molar-refractivity contribution in [3.05, 3.63) is 34.2 Å². The molecule has 4 nitrogen and oxygen atoms in total. The third kappa shape index (κ3) is 3.36. The molecule has 0 fully saturated rings. The second kappa shape index (κ2) is 6.52. The molecule has 0 aliphatic rings. The molecule has 1 aromatic heterocycles. The van der Waals surface area contributed by atoms with Crippen molar-refractivity contribution >= 4 is 17.3 Å². The lowest BCUT2D eigenvalue weighted by Crippen LogP contribution is -1.99. The van der Waals surface area contributed by atoms with Gasteiger partial charge in [0.15, 0.2) is 0 Å². The fourth-order valence-electron chi connectivity index (χ4n) is 2.04. The Morgan fingerprint density at radius 3 is 2.90 bits per heavy atom. The van der Waals surface area contributed by atoms with Crippen molar-refractivity contribution in [2.24, 2.45) is 0 Å². The van der Waals surface area contributed by atoms with E-state index in [1.165, 1.54) is 16.9 Å². The quantitative estimate of drug-likeness (QED) is 0.886. The number of carboxylic acids is 1. The molecule has 0 bridgehead atoms. The van der Waals surface area contributed by atoms with Gasteiger partial charge in [-0.05, 0) is 24.1 Å². The molecule has 0 radical (unpaired) electrons. The van der Waals surface area contributed by atoms with Crippen LogP contribution in [0.2, 0.25) is 0 Å². The van der Waals surface area contributed by atoms with Crippen molar-refractivity contribution in [2.75, 3.05) is 7.11 Å². The molecule has 0 amide bonds. The van der Waals surface area contributed by atoms with Crippen LogP contribution in [-0.4, -0.2) is 23.2 Å². The summed E-state index contributed by atoms with van der Waals surface area (Å²) in [6.07, 6.45) is 2.04. The molecular formula is C15H17NO3S. The normalized spacial score (nSPS) is 10.5. The molecule has 5 heteroatoms. The predicted octanol–water partition coefficient (Wildman–Crippen LogP) is 3.40. The van der Waals surface area contributed by atoms with Gasteiger partial charge in [0.1, 0.15) is 10.8 Å². The predicted molar refractivity (Wildman–Crippen MR) is 79.4 cm³/mol. The van der Waals surface area contributed by atoms with E-state index in [4.69, 9.17) is 9.84 Å². The third-order valence-corrected chi connectivity index (χ3v) is 3.78. The smallest absolute Gasteiger partial charge is 0.310 e. The Balaban J connectivity index is 2.36. The number of ether oxygens (including phenoxy) is 1. The fourth-order valence-corrected chi connectivity index (χ4v) is 2.83. The van der Waals surface area contributed by atoms with Gasteiger partial charge in [-0.3, -0.25) is 4.79 Å². The number of hydrogen-bond donors (Lipinski definition) is 1. The minimum absolute atomic E-state index is 0.0400. The Bertz CT molecular complexity index is 607. The number of aliphatic carboxylic acids is 1. The first-order chi connectivity index (χ1) is 9.63. The second-order valence-electron chi connectivity index (χ2n) is 4.48. The number of rotatable bonds is 6. The zero-order valence-corrected chi connectivity index (χ0v) is 12.4. The maximum Gasteiger partial charge on any atom is 0.310 e. The minimum atomic E-state index is -0.863. The van der Waals surface area contributed by atoms with Crippen molar-refractivity contribution in [1.29, 1.82) is 0 Å². The molecule has 0 spiro atoms. The number of nitrogens with zero attached hydrogens (tertiary/aromatic N) is 1. The van der Waals surface area contributed by atoms with E-state index in [-0.39, 0.29) is 6.42 Å². The average Bonchev–Trinajstić information content (AvgIpc) is 2.86. The number of aromatic nitrogens is 1. The molecular weight excluding hydrogens is 274 g/mol. The Morgan fingerprint density at radius 2 is 2.25 bits per heavy atom. The van der Waals surface area contributed by atoms with Gasteiger partial charge in [-0.25, -0.2) is 4.98 Å². The van der Waals surface area contributed by atoms with Crippen LogP contribution >= 0.6 is 11.3 Å². The van der Waals surface area contributed by atoms with E-state index >= 15 is 0 Å². The van der Waals surface area contributed by atoms with E-state index in [0.29, 0.717) is 5.01 Å². The van der Waals surface area contributed by atoms with E-state index < -0.39 is 5.97 Å². The van der Waals surface area contributed by atoms with Gasteiger partial charge in [0.25, 0.3) is 0 Å². The summed E-state index contributed by atoms with van der Waals surface area (Å²) in [5.41, 5.74) is 2.93. The molecule has 0 saturated heterocycles. The maximum atomic E-state index is 10.7. The van der Waals surface area contributed by atoms with E-state index in [1.807, 2.05) is 11.4 Å². The number of aryl methyl sites for hydroxylation is 1. The first-order valence-corrected chi connectivity index (χ1v) is 7.35. The molecule has 2 rings (SSSR count). The highest BCUT2D eigenvalue weighted by atomic mass is 32.1. The molecule has 20 heavy (non-hydrogen) atoms. The largest absolute Gasteiger partial charge is 0.496 e. The minimum Gasteiger partial charge on any atom is -0.496 e. The third-order valence-electron chi connectivity index (χ3n) is 2.93. The van der Waals surface area contributed by atoms with Gasteiger partial charge < -0.3 is 9.84 Å². The van der Waals surface area contributed by atoms with Gasteiger partial charge >= 0.3 is 5.97 Å². The number of carbonyl (C=O) groups is 1. The van der Waals surface area contributed by atoms with Crippen LogP contribution in [-0.2, 0) is 17.6 Å². The number of hydrogen-bond acceptors (Lipinski definition) is 4. The average molecular weight is 291 g/mol.